The Hall–Kier alpha value is -2.64. The number of hydrogen-bond acceptors (Lipinski definition) is 5. The largest absolute Gasteiger partial charge is 0.463 e. The van der Waals surface area contributed by atoms with Crippen LogP contribution in [-0.4, -0.2) is 25.3 Å². The van der Waals surface area contributed by atoms with Gasteiger partial charge in [0.15, 0.2) is 0 Å². The van der Waals surface area contributed by atoms with Crippen molar-refractivity contribution in [3.8, 4) is 5.75 Å². The molecule has 0 aromatic heterocycles. The summed E-state index contributed by atoms with van der Waals surface area (Å²) in [5.41, 5.74) is 0.864. The van der Waals surface area contributed by atoms with Gasteiger partial charge in [-0.1, -0.05) is 12.1 Å². The number of carbonyl (C=O) groups is 2. The maximum atomic E-state index is 12.0. The zero-order valence-corrected chi connectivity index (χ0v) is 12.7. The second kappa shape index (κ2) is 9.39. The van der Waals surface area contributed by atoms with Crippen LogP contribution in [0.1, 0.15) is 19.4 Å². The molecule has 0 heterocycles. The summed E-state index contributed by atoms with van der Waals surface area (Å²) >= 11 is 0. The highest BCUT2D eigenvalue weighted by Crippen LogP contribution is 2.15. The Labute approximate surface area is 132 Å². The Kier molecular flexibility index (Phi) is 7.52. The fourth-order valence-corrected chi connectivity index (χ4v) is 1.51. The van der Waals surface area contributed by atoms with Crippen molar-refractivity contribution in [1.29, 1.82) is 0 Å². The van der Waals surface area contributed by atoms with Gasteiger partial charge in [0.1, 0.15) is 12.4 Å². The zero-order chi connectivity index (χ0) is 17.2. The summed E-state index contributed by atoms with van der Waals surface area (Å²) < 4.78 is 37.8. The molecule has 6 nitrogen and oxygen atoms in total. The standard InChI is InChI=1S/C15H17F2NO5/c1-3-21-13(19)8-10(2)18-15(20)22-9-11-4-6-12(7-5-11)23-14(16)17/h4-8,14H,3,9H2,1-2H3,(H,18,20)/b10-8-. The normalized spacial score (nSPS) is 11.1. The van der Waals surface area contributed by atoms with Gasteiger partial charge in [-0.2, -0.15) is 8.78 Å². The molecule has 1 rings (SSSR count). The average molecular weight is 329 g/mol. The van der Waals surface area contributed by atoms with Crippen LogP contribution >= 0.6 is 0 Å². The summed E-state index contributed by atoms with van der Waals surface area (Å²) in [5.74, 6) is -0.554. The number of carbonyl (C=O) groups excluding carboxylic acids is 2. The van der Waals surface area contributed by atoms with Crippen LogP contribution in [0.5, 0.6) is 5.75 Å². The minimum atomic E-state index is -2.89. The molecule has 1 amide bonds. The highest BCUT2D eigenvalue weighted by atomic mass is 19.3. The Morgan fingerprint density at radius 1 is 1.22 bits per heavy atom. The number of alkyl carbamates (subject to hydrolysis) is 1. The lowest BCUT2D eigenvalue weighted by Gasteiger charge is -2.08. The number of alkyl halides is 2. The molecule has 0 saturated heterocycles. The summed E-state index contributed by atoms with van der Waals surface area (Å²) in [5, 5.41) is 2.35. The number of nitrogens with one attached hydrogen (secondary N) is 1. The second-order valence-corrected chi connectivity index (χ2v) is 4.30. The molecular weight excluding hydrogens is 312 g/mol. The van der Waals surface area contributed by atoms with Gasteiger partial charge < -0.3 is 14.2 Å². The summed E-state index contributed by atoms with van der Waals surface area (Å²) in [4.78, 5) is 22.7. The smallest absolute Gasteiger partial charge is 0.411 e. The predicted octanol–water partition coefficient (Wildman–Crippen LogP) is 2.98. The molecule has 8 heteroatoms. The van der Waals surface area contributed by atoms with E-state index in [9.17, 15) is 18.4 Å². The van der Waals surface area contributed by atoms with E-state index in [2.05, 4.69) is 14.8 Å². The maximum Gasteiger partial charge on any atom is 0.411 e. The zero-order valence-electron chi connectivity index (χ0n) is 12.7. The molecule has 0 unspecified atom stereocenters. The van der Waals surface area contributed by atoms with E-state index in [4.69, 9.17) is 4.74 Å². The van der Waals surface area contributed by atoms with Crippen LogP contribution in [0, 0.1) is 0 Å². The molecular formula is C15H17F2NO5. The SMILES string of the molecule is CCOC(=O)/C=C(/C)NC(=O)OCc1ccc(OC(F)F)cc1. The first-order valence-corrected chi connectivity index (χ1v) is 6.73. The van der Waals surface area contributed by atoms with Crippen LogP contribution < -0.4 is 10.1 Å². The first kappa shape index (κ1) is 18.4. The molecule has 0 saturated carbocycles. The predicted molar refractivity (Wildman–Crippen MR) is 76.8 cm³/mol. The number of hydrogen-bond donors (Lipinski definition) is 1. The molecule has 126 valence electrons. The highest BCUT2D eigenvalue weighted by molar-refractivity contribution is 5.83. The van der Waals surface area contributed by atoms with Crippen LogP contribution in [0.3, 0.4) is 0 Å². The monoisotopic (exact) mass is 329 g/mol. The first-order valence-electron chi connectivity index (χ1n) is 6.73. The third-order valence-electron chi connectivity index (χ3n) is 2.44. The van der Waals surface area contributed by atoms with Crippen LogP contribution in [-0.2, 0) is 20.9 Å². The van der Waals surface area contributed by atoms with Crippen molar-refractivity contribution in [2.24, 2.45) is 0 Å². The molecule has 0 radical (unpaired) electrons. The Balaban J connectivity index is 2.42. The summed E-state index contributed by atoms with van der Waals surface area (Å²) in [7, 11) is 0. The van der Waals surface area contributed by atoms with Crippen molar-refractivity contribution in [1.82, 2.24) is 5.32 Å². The number of rotatable bonds is 7. The van der Waals surface area contributed by atoms with Crippen molar-refractivity contribution >= 4 is 12.1 Å². The molecule has 0 atom stereocenters. The molecule has 1 aromatic carbocycles. The van der Waals surface area contributed by atoms with E-state index in [1.54, 1.807) is 6.92 Å². The third kappa shape index (κ3) is 7.79. The van der Waals surface area contributed by atoms with Gasteiger partial charge in [0.2, 0.25) is 0 Å². The molecule has 0 aliphatic heterocycles. The average Bonchev–Trinajstić information content (AvgIpc) is 2.46. The lowest BCUT2D eigenvalue weighted by atomic mass is 10.2. The summed E-state index contributed by atoms with van der Waals surface area (Å²) in [6, 6.07) is 5.67. The van der Waals surface area contributed by atoms with Crippen molar-refractivity contribution < 1.29 is 32.6 Å². The van der Waals surface area contributed by atoms with E-state index in [-0.39, 0.29) is 24.7 Å². The lowest BCUT2D eigenvalue weighted by Crippen LogP contribution is -2.23. The van der Waals surface area contributed by atoms with Crippen LogP contribution in [0.15, 0.2) is 36.0 Å². The number of benzene rings is 1. The van der Waals surface area contributed by atoms with Gasteiger partial charge in [0, 0.05) is 11.8 Å². The third-order valence-corrected chi connectivity index (χ3v) is 2.44. The molecule has 0 fully saturated rings. The van der Waals surface area contributed by atoms with Crippen molar-refractivity contribution in [3.05, 3.63) is 41.6 Å². The summed E-state index contributed by atoms with van der Waals surface area (Å²) in [6.07, 6.45) is 0.372. The maximum absolute atomic E-state index is 12.0. The van der Waals surface area contributed by atoms with E-state index < -0.39 is 18.7 Å². The number of ether oxygens (including phenoxy) is 3. The van der Waals surface area contributed by atoms with Gasteiger partial charge >= 0.3 is 18.7 Å². The molecule has 1 N–H and O–H groups in total. The van der Waals surface area contributed by atoms with E-state index in [1.807, 2.05) is 0 Å². The molecule has 23 heavy (non-hydrogen) atoms. The fourth-order valence-electron chi connectivity index (χ4n) is 1.51. The lowest BCUT2D eigenvalue weighted by molar-refractivity contribution is -0.137. The highest BCUT2D eigenvalue weighted by Gasteiger charge is 2.07. The van der Waals surface area contributed by atoms with E-state index >= 15 is 0 Å². The van der Waals surface area contributed by atoms with Crippen molar-refractivity contribution in [2.45, 2.75) is 27.1 Å². The topological polar surface area (TPSA) is 73.9 Å². The van der Waals surface area contributed by atoms with Gasteiger partial charge in [-0.25, -0.2) is 9.59 Å². The quantitative estimate of drug-likeness (QED) is 0.615. The van der Waals surface area contributed by atoms with Crippen LogP contribution in [0.2, 0.25) is 0 Å². The number of amides is 1. The molecule has 0 spiro atoms. The molecule has 1 aromatic rings. The number of allylic oxidation sites excluding steroid dienone is 1. The van der Waals surface area contributed by atoms with Crippen molar-refractivity contribution in [3.63, 3.8) is 0 Å². The minimum absolute atomic E-state index is 0.0152. The fraction of sp³-hybridized carbons (Fsp3) is 0.333. The van der Waals surface area contributed by atoms with Gasteiger partial charge in [-0.15, -0.1) is 0 Å². The number of halogens is 2. The van der Waals surface area contributed by atoms with E-state index in [0.717, 1.165) is 6.08 Å². The van der Waals surface area contributed by atoms with Gasteiger partial charge in [0.05, 0.1) is 6.61 Å². The second-order valence-electron chi connectivity index (χ2n) is 4.30. The van der Waals surface area contributed by atoms with Gasteiger partial charge in [-0.05, 0) is 31.5 Å². The van der Waals surface area contributed by atoms with Crippen LogP contribution in [0.4, 0.5) is 13.6 Å². The minimum Gasteiger partial charge on any atom is -0.463 e. The Bertz CT molecular complexity index is 557. The Morgan fingerprint density at radius 3 is 2.43 bits per heavy atom. The summed E-state index contributed by atoms with van der Waals surface area (Å²) in [6.45, 7) is 0.456. The molecule has 0 aliphatic carbocycles. The Morgan fingerprint density at radius 2 is 1.87 bits per heavy atom. The number of esters is 1. The molecule has 0 aliphatic rings. The van der Waals surface area contributed by atoms with Gasteiger partial charge in [-0.3, -0.25) is 5.32 Å². The van der Waals surface area contributed by atoms with Gasteiger partial charge in [0.25, 0.3) is 0 Å². The van der Waals surface area contributed by atoms with E-state index in [1.165, 1.54) is 31.2 Å². The van der Waals surface area contributed by atoms with Crippen molar-refractivity contribution in [2.75, 3.05) is 6.61 Å². The first-order chi connectivity index (χ1) is 10.9. The molecule has 0 bridgehead atoms. The van der Waals surface area contributed by atoms with E-state index in [0.29, 0.717) is 5.56 Å². The van der Waals surface area contributed by atoms with Crippen LogP contribution in [0.25, 0.3) is 0 Å².